The molecule has 1 heterocycles. The minimum Gasteiger partial charge on any atom is -0.306 e. The quantitative estimate of drug-likeness (QED) is 0.762. The Balaban J connectivity index is 2.41. The molecule has 86 valence electrons. The molecule has 1 fully saturated rings. The maximum Gasteiger partial charge on any atom is 0.0924 e. The van der Waals surface area contributed by atoms with E-state index >= 15 is 0 Å². The number of nitrogens with zero attached hydrogens (tertiary/aromatic N) is 2. The Morgan fingerprint density at radius 2 is 2.27 bits per heavy atom. The van der Waals surface area contributed by atoms with Gasteiger partial charge in [0, 0.05) is 13.1 Å². The van der Waals surface area contributed by atoms with Gasteiger partial charge in [-0.05, 0) is 38.3 Å². The fourth-order valence-electron chi connectivity index (χ4n) is 2.18. The zero-order valence-electron chi connectivity index (χ0n) is 10.4. The van der Waals surface area contributed by atoms with Gasteiger partial charge in [0.05, 0.1) is 12.1 Å². The van der Waals surface area contributed by atoms with Gasteiger partial charge >= 0.3 is 0 Å². The summed E-state index contributed by atoms with van der Waals surface area (Å²) in [6.45, 7) is 9.84. The Labute approximate surface area is 93.5 Å². The molecule has 3 nitrogen and oxygen atoms in total. The number of nitrogens with one attached hydrogen (secondary N) is 1. The number of nitriles is 1. The smallest absolute Gasteiger partial charge is 0.0924 e. The van der Waals surface area contributed by atoms with Crippen LogP contribution >= 0.6 is 0 Å². The van der Waals surface area contributed by atoms with E-state index in [4.69, 9.17) is 5.26 Å². The molecule has 1 N–H and O–H groups in total. The van der Waals surface area contributed by atoms with Crippen LogP contribution in [-0.4, -0.2) is 37.6 Å². The summed E-state index contributed by atoms with van der Waals surface area (Å²) in [6.07, 6.45) is 1.28. The number of hydrogen-bond acceptors (Lipinski definition) is 3. The molecule has 0 spiro atoms. The standard InChI is InChI=1S/C12H23N3/c1-10(7-13)14-9-12(2,3)11-5-6-15(4)8-11/h10-11,14H,5-6,8-9H2,1-4H3. The first kappa shape index (κ1) is 12.5. The average molecular weight is 209 g/mol. The van der Waals surface area contributed by atoms with Crippen molar-refractivity contribution in [3.63, 3.8) is 0 Å². The molecule has 3 heteroatoms. The predicted octanol–water partition coefficient (Wildman–Crippen LogP) is 1.47. The van der Waals surface area contributed by atoms with Gasteiger partial charge in [-0.2, -0.15) is 5.26 Å². The first-order valence-electron chi connectivity index (χ1n) is 5.77. The predicted molar refractivity (Wildman–Crippen MR) is 62.5 cm³/mol. The molecule has 0 radical (unpaired) electrons. The van der Waals surface area contributed by atoms with Crippen LogP contribution in [0.15, 0.2) is 0 Å². The van der Waals surface area contributed by atoms with E-state index in [0.29, 0.717) is 0 Å². The number of hydrogen-bond donors (Lipinski definition) is 1. The monoisotopic (exact) mass is 209 g/mol. The van der Waals surface area contributed by atoms with Crippen molar-refractivity contribution in [3.8, 4) is 6.07 Å². The van der Waals surface area contributed by atoms with E-state index in [-0.39, 0.29) is 11.5 Å². The summed E-state index contributed by atoms with van der Waals surface area (Å²) in [5.74, 6) is 0.751. The lowest BCUT2D eigenvalue weighted by atomic mass is 9.78. The number of likely N-dealkylation sites (tertiary alicyclic amines) is 1. The van der Waals surface area contributed by atoms with Crippen LogP contribution in [0.4, 0.5) is 0 Å². The van der Waals surface area contributed by atoms with Crippen molar-refractivity contribution in [1.82, 2.24) is 10.2 Å². The van der Waals surface area contributed by atoms with E-state index in [1.54, 1.807) is 0 Å². The summed E-state index contributed by atoms with van der Waals surface area (Å²) in [5.41, 5.74) is 0.288. The van der Waals surface area contributed by atoms with Crippen LogP contribution < -0.4 is 5.32 Å². The van der Waals surface area contributed by atoms with E-state index in [2.05, 4.69) is 37.2 Å². The van der Waals surface area contributed by atoms with Gasteiger partial charge in [0.2, 0.25) is 0 Å². The lowest BCUT2D eigenvalue weighted by Crippen LogP contribution is -2.40. The molecule has 1 saturated heterocycles. The van der Waals surface area contributed by atoms with Gasteiger partial charge in [-0.3, -0.25) is 0 Å². The van der Waals surface area contributed by atoms with Gasteiger partial charge < -0.3 is 10.2 Å². The van der Waals surface area contributed by atoms with Gasteiger partial charge in [-0.25, -0.2) is 0 Å². The zero-order valence-corrected chi connectivity index (χ0v) is 10.4. The third kappa shape index (κ3) is 3.48. The van der Waals surface area contributed by atoms with Crippen molar-refractivity contribution in [2.45, 2.75) is 33.2 Å². The normalized spacial score (nSPS) is 25.1. The Morgan fingerprint density at radius 1 is 1.60 bits per heavy atom. The molecule has 1 aliphatic heterocycles. The van der Waals surface area contributed by atoms with E-state index < -0.39 is 0 Å². The first-order valence-corrected chi connectivity index (χ1v) is 5.77. The molecule has 0 aliphatic carbocycles. The van der Waals surface area contributed by atoms with Gasteiger partial charge in [-0.1, -0.05) is 13.8 Å². The molecule has 1 rings (SSSR count). The highest BCUT2D eigenvalue weighted by Gasteiger charge is 2.33. The van der Waals surface area contributed by atoms with Crippen LogP contribution in [0.3, 0.4) is 0 Å². The van der Waals surface area contributed by atoms with Crippen molar-refractivity contribution in [2.75, 3.05) is 26.7 Å². The van der Waals surface area contributed by atoms with Crippen LogP contribution in [0.2, 0.25) is 0 Å². The molecule has 0 saturated carbocycles. The van der Waals surface area contributed by atoms with Crippen molar-refractivity contribution in [2.24, 2.45) is 11.3 Å². The lowest BCUT2D eigenvalue weighted by Gasteiger charge is -2.32. The first-order chi connectivity index (χ1) is 6.95. The van der Waals surface area contributed by atoms with Crippen LogP contribution in [-0.2, 0) is 0 Å². The summed E-state index contributed by atoms with van der Waals surface area (Å²) in [7, 11) is 2.18. The minimum absolute atomic E-state index is 0.0385. The van der Waals surface area contributed by atoms with Crippen molar-refractivity contribution in [3.05, 3.63) is 0 Å². The third-order valence-electron chi connectivity index (χ3n) is 3.55. The van der Waals surface area contributed by atoms with Crippen molar-refractivity contribution in [1.29, 1.82) is 5.26 Å². The molecular weight excluding hydrogens is 186 g/mol. The molecule has 1 aliphatic rings. The Kier molecular flexibility index (Phi) is 4.12. The average Bonchev–Trinajstić information content (AvgIpc) is 2.62. The maximum atomic E-state index is 8.72. The van der Waals surface area contributed by atoms with Crippen LogP contribution in [0.5, 0.6) is 0 Å². The summed E-state index contributed by atoms with van der Waals surface area (Å²) in [6, 6.07) is 2.18. The van der Waals surface area contributed by atoms with Crippen LogP contribution in [0, 0.1) is 22.7 Å². The SMILES string of the molecule is CC(C#N)NCC(C)(C)C1CCN(C)C1. The molecular formula is C12H23N3. The summed E-state index contributed by atoms with van der Waals surface area (Å²) < 4.78 is 0. The second kappa shape index (κ2) is 4.96. The highest BCUT2D eigenvalue weighted by molar-refractivity contribution is 4.91. The van der Waals surface area contributed by atoms with Gasteiger partial charge in [0.15, 0.2) is 0 Å². The van der Waals surface area contributed by atoms with Crippen molar-refractivity contribution < 1.29 is 0 Å². The molecule has 0 aromatic heterocycles. The summed E-state index contributed by atoms with van der Waals surface area (Å²) in [4.78, 5) is 2.39. The van der Waals surface area contributed by atoms with E-state index in [0.717, 1.165) is 12.5 Å². The highest BCUT2D eigenvalue weighted by atomic mass is 15.1. The van der Waals surface area contributed by atoms with E-state index in [1.807, 2.05) is 6.92 Å². The molecule has 0 amide bonds. The lowest BCUT2D eigenvalue weighted by molar-refractivity contribution is 0.204. The molecule has 2 unspecified atom stereocenters. The minimum atomic E-state index is -0.0385. The van der Waals surface area contributed by atoms with Gasteiger partial charge in [0.1, 0.15) is 0 Å². The molecule has 2 atom stereocenters. The van der Waals surface area contributed by atoms with Gasteiger partial charge in [-0.15, -0.1) is 0 Å². The topological polar surface area (TPSA) is 39.1 Å². The third-order valence-corrected chi connectivity index (χ3v) is 3.55. The molecule has 15 heavy (non-hydrogen) atoms. The second-order valence-electron chi connectivity index (χ2n) is 5.47. The largest absolute Gasteiger partial charge is 0.306 e. The summed E-state index contributed by atoms with van der Waals surface area (Å²) in [5, 5.41) is 12.0. The van der Waals surface area contributed by atoms with E-state index in [9.17, 15) is 0 Å². The van der Waals surface area contributed by atoms with Gasteiger partial charge in [0.25, 0.3) is 0 Å². The Hall–Kier alpha value is -0.590. The molecule has 0 aromatic rings. The van der Waals surface area contributed by atoms with Crippen LogP contribution in [0.1, 0.15) is 27.2 Å². The Morgan fingerprint density at radius 3 is 2.73 bits per heavy atom. The second-order valence-corrected chi connectivity index (χ2v) is 5.47. The summed E-state index contributed by atoms with van der Waals surface area (Å²) >= 11 is 0. The zero-order chi connectivity index (χ0) is 11.5. The molecule has 0 aromatic carbocycles. The van der Waals surface area contributed by atoms with E-state index in [1.165, 1.54) is 19.5 Å². The number of rotatable bonds is 4. The highest BCUT2D eigenvalue weighted by Crippen LogP contribution is 2.33. The fourth-order valence-corrected chi connectivity index (χ4v) is 2.18. The molecule has 0 bridgehead atoms. The Bertz CT molecular complexity index is 242. The van der Waals surface area contributed by atoms with Crippen LogP contribution in [0.25, 0.3) is 0 Å². The van der Waals surface area contributed by atoms with Crippen molar-refractivity contribution >= 4 is 0 Å². The maximum absolute atomic E-state index is 8.72. The fraction of sp³-hybridized carbons (Fsp3) is 0.917.